The van der Waals surface area contributed by atoms with Crippen molar-refractivity contribution in [1.29, 1.82) is 0 Å². The SMILES string of the molecule is O=C(O)C1=C(CSc2ccccc2)CSC2[C@@H](NCc3ccccc3)C(O)N12. The molecule has 2 aromatic rings. The molecular weight excluding hydrogens is 392 g/mol. The Morgan fingerprint density at radius 2 is 1.82 bits per heavy atom. The Morgan fingerprint density at radius 1 is 1.14 bits per heavy atom. The molecule has 0 spiro atoms. The van der Waals surface area contributed by atoms with Crippen LogP contribution in [-0.4, -0.2) is 50.2 Å². The second-order valence-electron chi connectivity index (χ2n) is 6.77. The number of carboxylic acids is 1. The summed E-state index contributed by atoms with van der Waals surface area (Å²) in [5, 5.41) is 23.8. The average molecular weight is 415 g/mol. The van der Waals surface area contributed by atoms with Crippen molar-refractivity contribution in [2.75, 3.05) is 11.5 Å². The summed E-state index contributed by atoms with van der Waals surface area (Å²) in [7, 11) is 0. The molecule has 2 heterocycles. The van der Waals surface area contributed by atoms with E-state index in [0.717, 1.165) is 16.0 Å². The number of carbonyl (C=O) groups is 1. The number of hydrogen-bond donors (Lipinski definition) is 3. The second-order valence-corrected chi connectivity index (χ2v) is 8.93. The minimum absolute atomic E-state index is 0.0599. The molecular formula is C21H22N2O3S2. The van der Waals surface area contributed by atoms with E-state index in [0.29, 0.717) is 18.1 Å². The van der Waals surface area contributed by atoms with Crippen molar-refractivity contribution in [3.63, 3.8) is 0 Å². The maximum atomic E-state index is 11.9. The van der Waals surface area contributed by atoms with Crippen LogP contribution in [-0.2, 0) is 11.3 Å². The Hall–Kier alpha value is -1.93. The molecule has 0 saturated carbocycles. The third kappa shape index (κ3) is 3.93. The van der Waals surface area contributed by atoms with Gasteiger partial charge in [-0.15, -0.1) is 23.5 Å². The molecule has 2 unspecified atom stereocenters. The predicted molar refractivity (Wildman–Crippen MR) is 113 cm³/mol. The van der Waals surface area contributed by atoms with Gasteiger partial charge >= 0.3 is 5.97 Å². The largest absolute Gasteiger partial charge is 0.477 e. The highest BCUT2D eigenvalue weighted by molar-refractivity contribution is 8.01. The predicted octanol–water partition coefficient (Wildman–Crippen LogP) is 2.98. The molecule has 4 rings (SSSR count). The Bertz CT molecular complexity index is 860. The van der Waals surface area contributed by atoms with Crippen molar-refractivity contribution in [3.8, 4) is 0 Å². The average Bonchev–Trinajstić information content (AvgIpc) is 2.73. The number of aliphatic carboxylic acids is 1. The van der Waals surface area contributed by atoms with E-state index >= 15 is 0 Å². The summed E-state index contributed by atoms with van der Waals surface area (Å²) in [5.41, 5.74) is 2.27. The van der Waals surface area contributed by atoms with Crippen LogP contribution in [0.15, 0.2) is 76.8 Å². The number of carboxylic acid groups (broad SMARTS) is 1. The van der Waals surface area contributed by atoms with E-state index in [9.17, 15) is 15.0 Å². The van der Waals surface area contributed by atoms with Gasteiger partial charge in [-0.2, -0.15) is 0 Å². The van der Waals surface area contributed by atoms with Gasteiger partial charge in [-0.25, -0.2) is 4.79 Å². The third-order valence-electron chi connectivity index (χ3n) is 4.95. The third-order valence-corrected chi connectivity index (χ3v) is 7.43. The fraction of sp³-hybridized carbons (Fsp3) is 0.286. The molecule has 5 nitrogen and oxygen atoms in total. The smallest absolute Gasteiger partial charge is 0.352 e. The topological polar surface area (TPSA) is 72.8 Å². The summed E-state index contributed by atoms with van der Waals surface area (Å²) in [6.45, 7) is 0.649. The van der Waals surface area contributed by atoms with Crippen LogP contribution in [0.3, 0.4) is 0 Å². The maximum Gasteiger partial charge on any atom is 0.352 e. The number of nitrogens with zero attached hydrogens (tertiary/aromatic N) is 1. The number of aliphatic hydroxyl groups is 1. The number of aliphatic hydroxyl groups excluding tert-OH is 1. The zero-order valence-electron chi connectivity index (χ0n) is 15.2. The van der Waals surface area contributed by atoms with E-state index < -0.39 is 12.2 Å². The molecule has 1 fully saturated rings. The lowest BCUT2D eigenvalue weighted by Crippen LogP contribution is -2.72. The van der Waals surface area contributed by atoms with E-state index in [1.807, 2.05) is 60.7 Å². The van der Waals surface area contributed by atoms with Gasteiger partial charge in [0, 0.05) is 22.9 Å². The molecule has 28 heavy (non-hydrogen) atoms. The lowest BCUT2D eigenvalue weighted by atomic mass is 10.0. The minimum Gasteiger partial charge on any atom is -0.477 e. The molecule has 0 aliphatic carbocycles. The number of thioether (sulfide) groups is 2. The Kier molecular flexibility index (Phi) is 5.96. The van der Waals surface area contributed by atoms with Crippen LogP contribution in [0.1, 0.15) is 5.56 Å². The van der Waals surface area contributed by atoms with Gasteiger partial charge in [0.15, 0.2) is 0 Å². The van der Waals surface area contributed by atoms with E-state index in [2.05, 4.69) is 5.32 Å². The molecule has 2 aliphatic rings. The summed E-state index contributed by atoms with van der Waals surface area (Å²) in [6.07, 6.45) is -0.829. The number of rotatable bonds is 7. The first kappa shape index (κ1) is 19.4. The van der Waals surface area contributed by atoms with Gasteiger partial charge in [-0.05, 0) is 23.3 Å². The van der Waals surface area contributed by atoms with E-state index in [1.54, 1.807) is 28.4 Å². The van der Waals surface area contributed by atoms with Crippen molar-refractivity contribution in [1.82, 2.24) is 10.2 Å². The summed E-state index contributed by atoms with van der Waals surface area (Å²) in [6, 6.07) is 19.8. The summed E-state index contributed by atoms with van der Waals surface area (Å²) >= 11 is 3.32. The molecule has 1 saturated heterocycles. The van der Waals surface area contributed by atoms with Crippen LogP contribution in [0.4, 0.5) is 0 Å². The number of nitrogens with one attached hydrogen (secondary N) is 1. The van der Waals surface area contributed by atoms with E-state index in [-0.39, 0.29) is 17.1 Å². The maximum absolute atomic E-state index is 11.9. The van der Waals surface area contributed by atoms with Gasteiger partial charge in [0.2, 0.25) is 0 Å². The molecule has 7 heteroatoms. The van der Waals surface area contributed by atoms with Crippen LogP contribution in [0.5, 0.6) is 0 Å². The highest BCUT2D eigenvalue weighted by Crippen LogP contribution is 2.43. The Labute approximate surface area is 172 Å². The van der Waals surface area contributed by atoms with Crippen molar-refractivity contribution >= 4 is 29.5 Å². The molecule has 2 aromatic carbocycles. The van der Waals surface area contributed by atoms with Gasteiger partial charge < -0.3 is 20.4 Å². The number of hydrogen-bond acceptors (Lipinski definition) is 6. The van der Waals surface area contributed by atoms with Crippen LogP contribution < -0.4 is 5.32 Å². The zero-order chi connectivity index (χ0) is 19.5. The number of benzene rings is 2. The summed E-state index contributed by atoms with van der Waals surface area (Å²) in [4.78, 5) is 14.7. The molecule has 0 aromatic heterocycles. The quantitative estimate of drug-likeness (QED) is 0.602. The number of fused-ring (bicyclic) bond motifs is 1. The Morgan fingerprint density at radius 3 is 2.50 bits per heavy atom. The van der Waals surface area contributed by atoms with Gasteiger partial charge in [0.25, 0.3) is 0 Å². The van der Waals surface area contributed by atoms with Crippen molar-refractivity contribution < 1.29 is 15.0 Å². The van der Waals surface area contributed by atoms with Crippen molar-refractivity contribution in [2.45, 2.75) is 29.1 Å². The summed E-state index contributed by atoms with van der Waals surface area (Å²) < 4.78 is 0. The molecule has 0 bridgehead atoms. The van der Waals surface area contributed by atoms with Crippen molar-refractivity contribution in [3.05, 3.63) is 77.5 Å². The van der Waals surface area contributed by atoms with Gasteiger partial charge in [-0.1, -0.05) is 48.5 Å². The fourth-order valence-corrected chi connectivity index (χ4v) is 6.02. The fourth-order valence-electron chi connectivity index (χ4n) is 3.52. The van der Waals surface area contributed by atoms with Crippen molar-refractivity contribution in [2.24, 2.45) is 0 Å². The van der Waals surface area contributed by atoms with Gasteiger partial charge in [0.05, 0.1) is 11.4 Å². The molecule has 0 amide bonds. The molecule has 3 atom stereocenters. The second kappa shape index (κ2) is 8.61. The highest BCUT2D eigenvalue weighted by atomic mass is 32.2. The molecule has 0 radical (unpaired) electrons. The van der Waals surface area contributed by atoms with Gasteiger partial charge in [-0.3, -0.25) is 0 Å². The van der Waals surface area contributed by atoms with Crippen LogP contribution in [0, 0.1) is 0 Å². The minimum atomic E-state index is -0.963. The summed E-state index contributed by atoms with van der Waals surface area (Å²) in [5.74, 6) is 0.310. The van der Waals surface area contributed by atoms with Crippen LogP contribution in [0.25, 0.3) is 0 Å². The molecule has 2 aliphatic heterocycles. The van der Waals surface area contributed by atoms with Crippen LogP contribution in [0.2, 0.25) is 0 Å². The first-order chi connectivity index (χ1) is 13.6. The first-order valence-electron chi connectivity index (χ1n) is 9.13. The Balaban J connectivity index is 1.44. The highest BCUT2D eigenvalue weighted by Gasteiger charge is 2.52. The van der Waals surface area contributed by atoms with Gasteiger partial charge in [0.1, 0.15) is 11.9 Å². The normalized spacial score (nSPS) is 23.9. The lowest BCUT2D eigenvalue weighted by molar-refractivity contribution is -0.145. The molecule has 146 valence electrons. The van der Waals surface area contributed by atoms with Crippen LogP contribution >= 0.6 is 23.5 Å². The van der Waals surface area contributed by atoms with E-state index in [4.69, 9.17) is 0 Å². The van der Waals surface area contributed by atoms with E-state index in [1.165, 1.54) is 0 Å². The molecule has 3 N–H and O–H groups in total. The zero-order valence-corrected chi connectivity index (χ0v) is 16.8. The monoisotopic (exact) mass is 414 g/mol. The standard InChI is InChI=1S/C21H22N2O3S2/c24-19-17(22-11-14-7-3-1-4-8-14)20-23(19)18(21(25)26)15(13-28-20)12-27-16-9-5-2-6-10-16/h1-10,17,19-20,22,24H,11-13H2,(H,25,26)/t17-,19?,20?/m0/s1. The lowest BCUT2D eigenvalue weighted by Gasteiger charge is -2.55. The first-order valence-corrected chi connectivity index (χ1v) is 11.2.